The third kappa shape index (κ3) is 5.47. The van der Waals surface area contributed by atoms with Gasteiger partial charge >= 0.3 is 5.97 Å². The van der Waals surface area contributed by atoms with E-state index in [0.717, 1.165) is 18.4 Å². The number of hydrogen-bond donors (Lipinski definition) is 1. The Bertz CT molecular complexity index is 548. The van der Waals surface area contributed by atoms with Gasteiger partial charge in [-0.1, -0.05) is 38.8 Å². The van der Waals surface area contributed by atoms with Gasteiger partial charge in [0.2, 0.25) is 10.0 Å². The Kier molecular flexibility index (Phi) is 6.84. The van der Waals surface area contributed by atoms with E-state index in [2.05, 4.69) is 9.46 Å². The Labute approximate surface area is 126 Å². The number of ether oxygens (including phenoxy) is 1. The molecular formula is C15H23NO4S. The highest BCUT2D eigenvalue weighted by molar-refractivity contribution is 7.89. The number of hydrogen-bond acceptors (Lipinski definition) is 4. The van der Waals surface area contributed by atoms with Gasteiger partial charge in [0.05, 0.1) is 18.4 Å². The number of carbonyl (C=O) groups is 1. The van der Waals surface area contributed by atoms with E-state index in [0.29, 0.717) is 12.5 Å². The molecule has 0 heterocycles. The quantitative estimate of drug-likeness (QED) is 0.746. The van der Waals surface area contributed by atoms with Crippen molar-refractivity contribution in [2.75, 3.05) is 13.7 Å². The zero-order valence-electron chi connectivity index (χ0n) is 12.8. The van der Waals surface area contributed by atoms with E-state index in [4.69, 9.17) is 0 Å². The van der Waals surface area contributed by atoms with Crippen LogP contribution in [0.15, 0.2) is 29.2 Å². The molecule has 0 unspecified atom stereocenters. The molecule has 1 N–H and O–H groups in total. The van der Waals surface area contributed by atoms with Crippen LogP contribution in [0, 0.1) is 5.92 Å². The van der Waals surface area contributed by atoms with Gasteiger partial charge in [-0.3, -0.25) is 4.79 Å². The second kappa shape index (κ2) is 8.14. The minimum atomic E-state index is -3.49. The zero-order chi connectivity index (χ0) is 15.9. The van der Waals surface area contributed by atoms with Crippen LogP contribution in [-0.2, 0) is 26.0 Å². The monoisotopic (exact) mass is 313 g/mol. The first kappa shape index (κ1) is 17.7. The second-order valence-corrected chi connectivity index (χ2v) is 6.70. The van der Waals surface area contributed by atoms with Crippen LogP contribution in [-0.4, -0.2) is 28.0 Å². The first-order chi connectivity index (χ1) is 9.92. The molecule has 118 valence electrons. The lowest BCUT2D eigenvalue weighted by Crippen LogP contribution is -2.29. The topological polar surface area (TPSA) is 72.5 Å². The van der Waals surface area contributed by atoms with Gasteiger partial charge < -0.3 is 4.74 Å². The molecular weight excluding hydrogens is 290 g/mol. The molecule has 0 aromatic heterocycles. The fraction of sp³-hybridized carbons (Fsp3) is 0.533. The number of carbonyl (C=O) groups excluding carboxylic acids is 1. The molecule has 1 aromatic rings. The van der Waals surface area contributed by atoms with Crippen molar-refractivity contribution in [3.8, 4) is 0 Å². The van der Waals surface area contributed by atoms with Crippen LogP contribution < -0.4 is 4.72 Å². The molecule has 0 saturated carbocycles. The normalized spacial score (nSPS) is 11.6. The van der Waals surface area contributed by atoms with E-state index in [1.807, 2.05) is 13.8 Å². The lowest BCUT2D eigenvalue weighted by Gasteiger charge is -2.13. The summed E-state index contributed by atoms with van der Waals surface area (Å²) in [7, 11) is -2.17. The predicted octanol–water partition coefficient (Wildman–Crippen LogP) is 2.12. The van der Waals surface area contributed by atoms with E-state index in [1.54, 1.807) is 12.1 Å². The molecule has 0 aliphatic rings. The molecule has 0 spiro atoms. The van der Waals surface area contributed by atoms with Crippen molar-refractivity contribution in [1.29, 1.82) is 0 Å². The van der Waals surface area contributed by atoms with Crippen LogP contribution in [0.25, 0.3) is 0 Å². The molecule has 1 aromatic carbocycles. The highest BCUT2D eigenvalue weighted by Crippen LogP contribution is 2.13. The molecule has 0 aliphatic heterocycles. The van der Waals surface area contributed by atoms with Crippen LogP contribution in [0.1, 0.15) is 32.3 Å². The number of benzene rings is 1. The minimum absolute atomic E-state index is 0.137. The summed E-state index contributed by atoms with van der Waals surface area (Å²) >= 11 is 0. The first-order valence-electron chi connectivity index (χ1n) is 7.08. The molecule has 6 heteroatoms. The number of rotatable bonds is 8. The van der Waals surface area contributed by atoms with Crippen LogP contribution >= 0.6 is 0 Å². The number of esters is 1. The van der Waals surface area contributed by atoms with Crippen molar-refractivity contribution in [3.05, 3.63) is 29.8 Å². The molecule has 0 amide bonds. The SMILES string of the molecule is CCC(CC)CNS(=O)(=O)c1ccc(CC(=O)OC)cc1. The Morgan fingerprint density at radius 2 is 1.76 bits per heavy atom. The van der Waals surface area contributed by atoms with Crippen molar-refractivity contribution >= 4 is 16.0 Å². The third-order valence-corrected chi connectivity index (χ3v) is 4.97. The second-order valence-electron chi connectivity index (χ2n) is 4.93. The van der Waals surface area contributed by atoms with Crippen LogP contribution in [0.3, 0.4) is 0 Å². The molecule has 1 rings (SSSR count). The maximum absolute atomic E-state index is 12.2. The fourth-order valence-electron chi connectivity index (χ4n) is 1.91. The van der Waals surface area contributed by atoms with Crippen LogP contribution in [0.4, 0.5) is 0 Å². The molecule has 0 atom stereocenters. The predicted molar refractivity (Wildman–Crippen MR) is 81.4 cm³/mol. The summed E-state index contributed by atoms with van der Waals surface area (Å²) < 4.78 is 31.5. The summed E-state index contributed by atoms with van der Waals surface area (Å²) in [6, 6.07) is 6.27. The molecule has 21 heavy (non-hydrogen) atoms. The van der Waals surface area contributed by atoms with Gasteiger partial charge in [0, 0.05) is 6.54 Å². The average molecular weight is 313 g/mol. The van der Waals surface area contributed by atoms with Gasteiger partial charge in [0.1, 0.15) is 0 Å². The van der Waals surface area contributed by atoms with Gasteiger partial charge in [0.25, 0.3) is 0 Å². The van der Waals surface area contributed by atoms with Gasteiger partial charge in [-0.2, -0.15) is 0 Å². The van der Waals surface area contributed by atoms with Gasteiger partial charge in [-0.15, -0.1) is 0 Å². The lowest BCUT2D eigenvalue weighted by molar-refractivity contribution is -0.139. The highest BCUT2D eigenvalue weighted by atomic mass is 32.2. The van der Waals surface area contributed by atoms with Crippen molar-refractivity contribution < 1.29 is 17.9 Å². The van der Waals surface area contributed by atoms with E-state index in [-0.39, 0.29) is 17.3 Å². The van der Waals surface area contributed by atoms with Crippen molar-refractivity contribution in [1.82, 2.24) is 4.72 Å². The van der Waals surface area contributed by atoms with E-state index < -0.39 is 10.0 Å². The fourth-order valence-corrected chi connectivity index (χ4v) is 3.03. The van der Waals surface area contributed by atoms with E-state index >= 15 is 0 Å². The molecule has 0 aliphatic carbocycles. The standard InChI is InChI=1S/C15H23NO4S/c1-4-12(5-2)11-16-21(18,19)14-8-6-13(7-9-14)10-15(17)20-3/h6-9,12,16H,4-5,10-11H2,1-3H3. The number of sulfonamides is 1. The molecule has 0 fully saturated rings. The smallest absolute Gasteiger partial charge is 0.309 e. The molecule has 0 saturated heterocycles. The average Bonchev–Trinajstić information content (AvgIpc) is 2.48. The minimum Gasteiger partial charge on any atom is -0.469 e. The third-order valence-electron chi connectivity index (χ3n) is 3.53. The van der Waals surface area contributed by atoms with Crippen LogP contribution in [0.2, 0.25) is 0 Å². The van der Waals surface area contributed by atoms with Gasteiger partial charge in [-0.25, -0.2) is 13.1 Å². The van der Waals surface area contributed by atoms with Crippen LogP contribution in [0.5, 0.6) is 0 Å². The number of methoxy groups -OCH3 is 1. The zero-order valence-corrected chi connectivity index (χ0v) is 13.6. The van der Waals surface area contributed by atoms with Gasteiger partial charge in [0.15, 0.2) is 0 Å². The lowest BCUT2D eigenvalue weighted by atomic mass is 10.0. The molecule has 0 radical (unpaired) electrons. The summed E-state index contributed by atoms with van der Waals surface area (Å²) in [5.41, 5.74) is 0.723. The Morgan fingerprint density at radius 3 is 2.24 bits per heavy atom. The summed E-state index contributed by atoms with van der Waals surface area (Å²) in [6.45, 7) is 4.54. The van der Waals surface area contributed by atoms with E-state index in [9.17, 15) is 13.2 Å². The maximum Gasteiger partial charge on any atom is 0.309 e. The number of nitrogens with one attached hydrogen (secondary N) is 1. The first-order valence-corrected chi connectivity index (χ1v) is 8.56. The highest BCUT2D eigenvalue weighted by Gasteiger charge is 2.15. The van der Waals surface area contributed by atoms with Crippen molar-refractivity contribution in [3.63, 3.8) is 0 Å². The Morgan fingerprint density at radius 1 is 1.19 bits per heavy atom. The van der Waals surface area contributed by atoms with Gasteiger partial charge in [-0.05, 0) is 23.6 Å². The summed E-state index contributed by atoms with van der Waals surface area (Å²) in [4.78, 5) is 11.4. The largest absolute Gasteiger partial charge is 0.469 e. The molecule has 5 nitrogen and oxygen atoms in total. The summed E-state index contributed by atoms with van der Waals surface area (Å²) in [6.07, 6.45) is 2.02. The maximum atomic E-state index is 12.2. The van der Waals surface area contributed by atoms with E-state index in [1.165, 1.54) is 19.2 Å². The van der Waals surface area contributed by atoms with Crippen molar-refractivity contribution in [2.24, 2.45) is 5.92 Å². The Hall–Kier alpha value is -1.40. The Balaban J connectivity index is 2.73. The summed E-state index contributed by atoms with van der Waals surface area (Å²) in [5.74, 6) is -0.00385. The molecule has 0 bridgehead atoms. The van der Waals surface area contributed by atoms with Crippen molar-refractivity contribution in [2.45, 2.75) is 38.0 Å². The summed E-state index contributed by atoms with van der Waals surface area (Å²) in [5, 5.41) is 0.